The van der Waals surface area contributed by atoms with Crippen molar-refractivity contribution in [3.8, 4) is 0 Å². The number of unbranched alkanes of at least 4 members (excludes halogenated alkanes) is 4. The molecule has 2 aromatic heterocycles. The van der Waals surface area contributed by atoms with E-state index in [4.69, 9.17) is 4.74 Å². The van der Waals surface area contributed by atoms with Crippen LogP contribution < -0.4 is 0 Å². The van der Waals surface area contributed by atoms with E-state index in [-0.39, 0.29) is 23.6 Å². The summed E-state index contributed by atoms with van der Waals surface area (Å²) in [7, 11) is 0. The molecule has 4 aromatic rings. The van der Waals surface area contributed by atoms with E-state index in [1.807, 2.05) is 63.5 Å². The Balaban J connectivity index is 0.000000457. The maximum Gasteiger partial charge on any atom is 0.123 e. The van der Waals surface area contributed by atoms with Gasteiger partial charge in [0.25, 0.3) is 0 Å². The number of nitrogens with zero attached hydrogens (tertiary/aromatic N) is 3. The topological polar surface area (TPSA) is 38.2 Å². The van der Waals surface area contributed by atoms with Crippen molar-refractivity contribution < 1.29 is 13.5 Å². The highest BCUT2D eigenvalue weighted by Crippen LogP contribution is 2.40. The summed E-state index contributed by atoms with van der Waals surface area (Å²) in [6.07, 6.45) is 12.5. The van der Waals surface area contributed by atoms with Crippen molar-refractivity contribution in [2.45, 2.75) is 78.7 Å². The number of aromatic nitrogens is 2. The number of rotatable bonds is 9. The zero-order chi connectivity index (χ0) is 34.0. The first-order valence-electron chi connectivity index (χ1n) is 16.6. The van der Waals surface area contributed by atoms with Gasteiger partial charge < -0.3 is 4.74 Å². The van der Waals surface area contributed by atoms with Crippen LogP contribution in [-0.2, 0) is 4.74 Å². The Morgan fingerprint density at radius 2 is 1.33 bits per heavy atom. The highest BCUT2D eigenvalue weighted by atomic mass is 19.1. The molecule has 3 heterocycles. The van der Waals surface area contributed by atoms with Crippen LogP contribution in [0, 0.1) is 18.6 Å². The zero-order valence-electron chi connectivity index (χ0n) is 28.7. The zero-order valence-corrected chi connectivity index (χ0v) is 28.7. The summed E-state index contributed by atoms with van der Waals surface area (Å²) in [4.78, 5) is 11.4. The van der Waals surface area contributed by atoms with Crippen molar-refractivity contribution in [1.82, 2.24) is 14.9 Å². The Hall–Kier alpha value is -3.74. The van der Waals surface area contributed by atoms with E-state index in [0.717, 1.165) is 35.5 Å². The summed E-state index contributed by atoms with van der Waals surface area (Å²) in [5.74, 6) is -0.408. The van der Waals surface area contributed by atoms with Gasteiger partial charge in [-0.25, -0.2) is 8.78 Å². The SMILES string of the molecule is C=C.CC.CCCCCCC.Cc1ccc(F)cc1.Fc1ccc(C(C(c2cccnc2)c2ccccn2)N2CCOCC2)cc1. The van der Waals surface area contributed by atoms with Crippen molar-refractivity contribution in [2.75, 3.05) is 26.3 Å². The monoisotopic (exact) mass is 631 g/mol. The first-order valence-corrected chi connectivity index (χ1v) is 16.6. The van der Waals surface area contributed by atoms with Crippen molar-refractivity contribution in [3.05, 3.63) is 145 Å². The second kappa shape index (κ2) is 25.5. The van der Waals surface area contributed by atoms with Crippen molar-refractivity contribution in [3.63, 3.8) is 0 Å². The molecule has 0 N–H and O–H groups in total. The molecule has 4 nitrogen and oxygen atoms in total. The number of hydrogen-bond acceptors (Lipinski definition) is 4. The van der Waals surface area contributed by atoms with Crippen LogP contribution >= 0.6 is 0 Å². The van der Waals surface area contributed by atoms with Crippen LogP contribution in [0.15, 0.2) is 111 Å². The Morgan fingerprint density at radius 1 is 0.739 bits per heavy atom. The summed E-state index contributed by atoms with van der Waals surface area (Å²) in [5, 5.41) is 0. The van der Waals surface area contributed by atoms with Gasteiger partial charge in [0.2, 0.25) is 0 Å². The molecule has 0 saturated carbocycles. The number of ether oxygens (including phenoxy) is 1. The van der Waals surface area contributed by atoms with Crippen molar-refractivity contribution >= 4 is 0 Å². The smallest absolute Gasteiger partial charge is 0.123 e. The van der Waals surface area contributed by atoms with Gasteiger partial charge in [-0.15, -0.1) is 13.2 Å². The number of benzene rings is 2. The van der Waals surface area contributed by atoms with Crippen LogP contribution in [0.25, 0.3) is 0 Å². The maximum atomic E-state index is 13.6. The Kier molecular flexibility index (Phi) is 22.3. The Morgan fingerprint density at radius 3 is 1.80 bits per heavy atom. The van der Waals surface area contributed by atoms with Gasteiger partial charge in [0.1, 0.15) is 11.6 Å². The lowest BCUT2D eigenvalue weighted by molar-refractivity contribution is 0.0122. The second-order valence-corrected chi connectivity index (χ2v) is 10.5. The highest BCUT2D eigenvalue weighted by molar-refractivity contribution is 5.34. The van der Waals surface area contributed by atoms with E-state index in [1.165, 1.54) is 56.4 Å². The molecule has 1 fully saturated rings. The molecule has 1 aliphatic heterocycles. The number of pyridine rings is 2. The van der Waals surface area contributed by atoms with E-state index < -0.39 is 0 Å². The molecule has 2 atom stereocenters. The van der Waals surface area contributed by atoms with Gasteiger partial charge >= 0.3 is 0 Å². The summed E-state index contributed by atoms with van der Waals surface area (Å²) in [5.41, 5.74) is 4.23. The number of hydrogen-bond donors (Lipinski definition) is 0. The van der Waals surface area contributed by atoms with E-state index in [9.17, 15) is 8.78 Å². The van der Waals surface area contributed by atoms with Crippen LogP contribution in [-0.4, -0.2) is 41.2 Å². The van der Waals surface area contributed by atoms with Crippen molar-refractivity contribution in [1.29, 1.82) is 0 Å². The van der Waals surface area contributed by atoms with Gasteiger partial charge in [-0.1, -0.05) is 102 Å². The van der Waals surface area contributed by atoms with Gasteiger partial charge in [-0.05, 0) is 60.5 Å². The molecule has 0 spiro atoms. The molecule has 0 amide bonds. The highest BCUT2D eigenvalue weighted by Gasteiger charge is 2.33. The minimum Gasteiger partial charge on any atom is -0.379 e. The fourth-order valence-corrected chi connectivity index (χ4v) is 4.97. The van der Waals surface area contributed by atoms with Gasteiger partial charge in [0, 0.05) is 49.3 Å². The van der Waals surface area contributed by atoms with Gasteiger partial charge in [-0.3, -0.25) is 14.9 Å². The lowest BCUT2D eigenvalue weighted by Crippen LogP contribution is -2.41. The lowest BCUT2D eigenvalue weighted by atomic mass is 9.83. The van der Waals surface area contributed by atoms with E-state index in [0.29, 0.717) is 13.2 Å². The maximum absolute atomic E-state index is 13.6. The van der Waals surface area contributed by atoms with Crippen LogP contribution in [0.1, 0.15) is 94.1 Å². The minimum absolute atomic E-state index is 0.0107. The second-order valence-electron chi connectivity index (χ2n) is 10.5. The third kappa shape index (κ3) is 15.0. The van der Waals surface area contributed by atoms with Gasteiger partial charge in [0.15, 0.2) is 0 Å². The normalized spacial score (nSPS) is 13.5. The van der Waals surface area contributed by atoms with Crippen molar-refractivity contribution in [2.24, 2.45) is 0 Å². The fourth-order valence-electron chi connectivity index (χ4n) is 4.97. The summed E-state index contributed by atoms with van der Waals surface area (Å²) in [6.45, 7) is 19.5. The van der Waals surface area contributed by atoms with Crippen LogP contribution in [0.5, 0.6) is 0 Å². The molecule has 0 bridgehead atoms. The molecule has 0 radical (unpaired) electrons. The predicted octanol–water partition coefficient (Wildman–Crippen LogP) is 10.8. The molecule has 0 aliphatic carbocycles. The molecule has 2 unspecified atom stereocenters. The molecule has 5 rings (SSSR count). The average molecular weight is 632 g/mol. The van der Waals surface area contributed by atoms with E-state index in [2.05, 4.69) is 54.0 Å². The molecule has 1 aliphatic rings. The molecule has 6 heteroatoms. The minimum atomic E-state index is -0.227. The largest absolute Gasteiger partial charge is 0.379 e. The Labute approximate surface area is 277 Å². The molecular weight excluding hydrogens is 576 g/mol. The third-order valence-electron chi connectivity index (χ3n) is 7.23. The lowest BCUT2D eigenvalue weighted by Gasteiger charge is -2.39. The molecule has 250 valence electrons. The molecule has 1 saturated heterocycles. The van der Waals surface area contributed by atoms with Crippen LogP contribution in [0.2, 0.25) is 0 Å². The van der Waals surface area contributed by atoms with Crippen LogP contribution in [0.4, 0.5) is 8.78 Å². The molecule has 46 heavy (non-hydrogen) atoms. The third-order valence-corrected chi connectivity index (χ3v) is 7.23. The van der Waals surface area contributed by atoms with Gasteiger partial charge in [-0.2, -0.15) is 0 Å². The van der Waals surface area contributed by atoms with Gasteiger partial charge in [0.05, 0.1) is 13.2 Å². The standard InChI is InChI=1S/C22H22FN3O.C7H7F.C7H16.C2H6.C2H4/c23-19-8-6-17(7-9-19)22(26-12-14-27-15-13-26)21(18-4-3-10-24-16-18)20-5-1-2-11-25-20;1-6-2-4-7(8)5-3-6;1-3-5-7-6-4-2;2*1-2/h1-11,16,21-22H,12-15H2;2-5H,1H3;3-7H2,1-2H3;1-2H3;1-2H2. The number of morpholine rings is 1. The average Bonchev–Trinajstić information content (AvgIpc) is 3.13. The first-order chi connectivity index (χ1) is 22.5. The summed E-state index contributed by atoms with van der Waals surface area (Å²) in [6, 6.07) is 23.2. The Bertz CT molecular complexity index is 1180. The molecule has 2 aromatic carbocycles. The predicted molar refractivity (Wildman–Crippen MR) is 190 cm³/mol. The van der Waals surface area contributed by atoms with E-state index in [1.54, 1.807) is 18.3 Å². The number of aryl methyl sites for hydroxylation is 1. The van der Waals surface area contributed by atoms with E-state index >= 15 is 0 Å². The summed E-state index contributed by atoms with van der Waals surface area (Å²) < 4.78 is 31.2. The van der Waals surface area contributed by atoms with Crippen LogP contribution in [0.3, 0.4) is 0 Å². The first kappa shape index (κ1) is 40.3. The molecular formula is C40H55F2N3O. The fraction of sp³-hybridized carbons (Fsp3) is 0.400. The quantitative estimate of drug-likeness (QED) is 0.136. The summed E-state index contributed by atoms with van der Waals surface area (Å²) >= 11 is 0. The number of halogens is 2.